The van der Waals surface area contributed by atoms with Crippen molar-refractivity contribution in [3.63, 3.8) is 0 Å². The molecule has 1 aliphatic rings. The van der Waals surface area contributed by atoms with Crippen molar-refractivity contribution in [2.24, 2.45) is 4.99 Å². The molecule has 0 saturated heterocycles. The molecule has 0 saturated carbocycles. The predicted octanol–water partition coefficient (Wildman–Crippen LogP) is 0.932. The van der Waals surface area contributed by atoms with Crippen LogP contribution in [-0.4, -0.2) is 12.8 Å². The number of aliphatic imine (C=N–C) groups is 1. The van der Waals surface area contributed by atoms with Crippen molar-refractivity contribution in [3.8, 4) is 0 Å². The fraction of sp³-hybridized carbons (Fsp3) is 0.600. The zero-order valence-electron chi connectivity index (χ0n) is 3.65. The molecule has 6 heavy (non-hydrogen) atoms. The van der Waals surface area contributed by atoms with Crippen LogP contribution in [0.4, 0.5) is 0 Å². The van der Waals surface area contributed by atoms with Gasteiger partial charge in [-0.05, 0) is 25.5 Å². The second-order valence-corrected chi connectivity index (χ2v) is 1.29. The Hall–Kier alpha value is -0.330. The largest absolute Gasteiger partial charge is 0.297 e. The van der Waals surface area contributed by atoms with Crippen molar-refractivity contribution in [1.82, 2.24) is 0 Å². The van der Waals surface area contributed by atoms with Gasteiger partial charge in [-0.2, -0.15) is 0 Å². The second kappa shape index (κ2) is 1.96. The normalized spacial score (nSPS) is 21.3. The Morgan fingerprint density at radius 3 is 2.83 bits per heavy atom. The zero-order valence-corrected chi connectivity index (χ0v) is 3.65. The number of rotatable bonds is 0. The first kappa shape index (κ1) is 3.85. The first-order valence-electron chi connectivity index (χ1n) is 2.19. The van der Waals surface area contributed by atoms with Crippen LogP contribution >= 0.6 is 0 Å². The van der Waals surface area contributed by atoms with Crippen molar-refractivity contribution >= 4 is 6.21 Å². The van der Waals surface area contributed by atoms with Gasteiger partial charge in [-0.3, -0.25) is 4.99 Å². The fourth-order valence-electron chi connectivity index (χ4n) is 0.466. The summed E-state index contributed by atoms with van der Waals surface area (Å²) in [5.41, 5.74) is 0. The predicted molar refractivity (Wildman–Crippen MR) is 25.8 cm³/mol. The first-order chi connectivity index (χ1) is 3.00. The summed E-state index contributed by atoms with van der Waals surface area (Å²) in [4.78, 5) is 3.99. The van der Waals surface area contributed by atoms with E-state index >= 15 is 0 Å². The van der Waals surface area contributed by atoms with Gasteiger partial charge >= 0.3 is 0 Å². The van der Waals surface area contributed by atoms with Crippen LogP contribution in [0.1, 0.15) is 12.8 Å². The summed E-state index contributed by atoms with van der Waals surface area (Å²) in [6.07, 6.45) is 7.05. The van der Waals surface area contributed by atoms with E-state index in [1.807, 2.05) is 6.21 Å². The quantitative estimate of drug-likeness (QED) is 0.411. The SMILES string of the molecule is [C]1CC=NCC1. The summed E-state index contributed by atoms with van der Waals surface area (Å²) in [5.74, 6) is 0. The molecule has 1 aliphatic heterocycles. The van der Waals surface area contributed by atoms with Gasteiger partial charge in [0, 0.05) is 6.54 Å². The topological polar surface area (TPSA) is 12.4 Å². The molecule has 0 atom stereocenters. The Kier molecular flexibility index (Phi) is 1.25. The third kappa shape index (κ3) is 0.814. The van der Waals surface area contributed by atoms with Crippen molar-refractivity contribution in [3.05, 3.63) is 6.42 Å². The van der Waals surface area contributed by atoms with Crippen LogP contribution in [0.25, 0.3) is 0 Å². The van der Waals surface area contributed by atoms with E-state index in [1.165, 1.54) is 0 Å². The Morgan fingerprint density at radius 1 is 1.67 bits per heavy atom. The van der Waals surface area contributed by atoms with E-state index < -0.39 is 0 Å². The number of hydrogen-bond donors (Lipinski definition) is 0. The lowest BCUT2D eigenvalue weighted by Gasteiger charge is -1.96. The standard InChI is InChI=1S/C5H7N/c1-2-4-6-5-3-1/h4H,2-3,5H2. The maximum Gasteiger partial charge on any atom is 0.0391 e. The summed E-state index contributed by atoms with van der Waals surface area (Å²) in [5, 5.41) is 0. The van der Waals surface area contributed by atoms with Crippen LogP contribution in [0.3, 0.4) is 0 Å². The van der Waals surface area contributed by atoms with Crippen LogP contribution in [0.2, 0.25) is 0 Å². The summed E-state index contributed by atoms with van der Waals surface area (Å²) in [6.45, 7) is 0.958. The van der Waals surface area contributed by atoms with Crippen molar-refractivity contribution < 1.29 is 0 Å². The van der Waals surface area contributed by atoms with E-state index in [0.29, 0.717) is 0 Å². The number of hydrogen-bond acceptors (Lipinski definition) is 1. The van der Waals surface area contributed by atoms with Crippen LogP contribution in [0.15, 0.2) is 4.99 Å². The van der Waals surface area contributed by atoms with Gasteiger partial charge < -0.3 is 0 Å². The maximum absolute atomic E-state index is 3.99. The lowest BCUT2D eigenvalue weighted by Crippen LogP contribution is -1.90. The summed E-state index contributed by atoms with van der Waals surface area (Å²) >= 11 is 0. The van der Waals surface area contributed by atoms with Crippen molar-refractivity contribution in [2.75, 3.05) is 6.54 Å². The van der Waals surface area contributed by atoms with E-state index in [-0.39, 0.29) is 0 Å². The molecular weight excluding hydrogens is 74.1 g/mol. The van der Waals surface area contributed by atoms with Crippen LogP contribution in [-0.2, 0) is 0 Å². The summed E-state index contributed by atoms with van der Waals surface area (Å²) < 4.78 is 0. The fourth-order valence-corrected chi connectivity index (χ4v) is 0.466. The van der Waals surface area contributed by atoms with Gasteiger partial charge in [-0.1, -0.05) is 0 Å². The lowest BCUT2D eigenvalue weighted by molar-refractivity contribution is 0.896. The smallest absolute Gasteiger partial charge is 0.0391 e. The second-order valence-electron chi connectivity index (χ2n) is 1.29. The van der Waals surface area contributed by atoms with Gasteiger partial charge in [0.2, 0.25) is 0 Å². The van der Waals surface area contributed by atoms with Crippen molar-refractivity contribution in [1.29, 1.82) is 0 Å². The minimum atomic E-state index is 0.958. The van der Waals surface area contributed by atoms with E-state index in [2.05, 4.69) is 11.4 Å². The highest BCUT2D eigenvalue weighted by molar-refractivity contribution is 5.59. The molecule has 0 amide bonds. The molecule has 0 bridgehead atoms. The third-order valence-electron chi connectivity index (χ3n) is 0.782. The molecule has 2 radical (unpaired) electrons. The van der Waals surface area contributed by atoms with Crippen molar-refractivity contribution in [2.45, 2.75) is 12.8 Å². The number of nitrogens with zero attached hydrogens (tertiary/aromatic N) is 1. The molecule has 0 aliphatic carbocycles. The van der Waals surface area contributed by atoms with Gasteiger partial charge in [0.25, 0.3) is 0 Å². The average molecular weight is 81.1 g/mol. The van der Waals surface area contributed by atoms with E-state index in [0.717, 1.165) is 19.4 Å². The van der Waals surface area contributed by atoms with Gasteiger partial charge in [0.15, 0.2) is 0 Å². The molecule has 1 heteroatoms. The molecule has 0 aromatic rings. The minimum Gasteiger partial charge on any atom is -0.297 e. The maximum atomic E-state index is 3.99. The molecule has 0 unspecified atom stereocenters. The average Bonchev–Trinajstić information content (AvgIpc) is 1.72. The molecular formula is C5H7N. The summed E-state index contributed by atoms with van der Waals surface area (Å²) in [6, 6.07) is 0. The van der Waals surface area contributed by atoms with E-state index in [9.17, 15) is 0 Å². The van der Waals surface area contributed by atoms with E-state index in [4.69, 9.17) is 0 Å². The first-order valence-corrected chi connectivity index (χ1v) is 2.19. The Labute approximate surface area is 38.1 Å². The van der Waals surface area contributed by atoms with Crippen LogP contribution < -0.4 is 0 Å². The van der Waals surface area contributed by atoms with Gasteiger partial charge in [-0.25, -0.2) is 0 Å². The minimum absolute atomic E-state index is 0.958. The molecule has 1 rings (SSSR count). The zero-order chi connectivity index (χ0) is 4.24. The monoisotopic (exact) mass is 81.1 g/mol. The molecule has 0 fully saturated rings. The van der Waals surface area contributed by atoms with Crippen LogP contribution in [0.5, 0.6) is 0 Å². The molecule has 32 valence electrons. The highest BCUT2D eigenvalue weighted by Gasteiger charge is 1.89. The molecule has 0 aromatic carbocycles. The Balaban J connectivity index is 2.26. The molecule has 0 aromatic heterocycles. The molecule has 1 heterocycles. The molecule has 0 spiro atoms. The van der Waals surface area contributed by atoms with Gasteiger partial charge in [0.1, 0.15) is 0 Å². The van der Waals surface area contributed by atoms with Gasteiger partial charge in [0.05, 0.1) is 0 Å². The molecule has 1 nitrogen and oxygen atoms in total. The molecule has 0 N–H and O–H groups in total. The Bertz CT molecular complexity index is 49.0. The highest BCUT2D eigenvalue weighted by atomic mass is 14.7. The Morgan fingerprint density at radius 2 is 2.67 bits per heavy atom. The highest BCUT2D eigenvalue weighted by Crippen LogP contribution is 1.96. The van der Waals surface area contributed by atoms with Crippen LogP contribution in [0, 0.1) is 6.42 Å². The van der Waals surface area contributed by atoms with Gasteiger partial charge in [-0.15, -0.1) is 0 Å². The lowest BCUT2D eigenvalue weighted by atomic mass is 10.2. The third-order valence-corrected chi connectivity index (χ3v) is 0.782. The van der Waals surface area contributed by atoms with E-state index in [1.54, 1.807) is 0 Å². The summed E-state index contributed by atoms with van der Waals surface area (Å²) in [7, 11) is 0.